The summed E-state index contributed by atoms with van der Waals surface area (Å²) in [5.41, 5.74) is 6.38. The van der Waals surface area contributed by atoms with Crippen LogP contribution in [0.4, 0.5) is 0 Å². The largest absolute Gasteiger partial charge is 0.374 e. The Morgan fingerprint density at radius 3 is 2.53 bits per heavy atom. The molecule has 0 radical (unpaired) electrons. The second kappa shape index (κ2) is 5.31. The van der Waals surface area contributed by atoms with Gasteiger partial charge in [0.1, 0.15) is 0 Å². The fourth-order valence-electron chi connectivity index (χ4n) is 1.06. The first kappa shape index (κ1) is 11.5. The Hall–Kier alpha value is -1.62. The van der Waals surface area contributed by atoms with Gasteiger partial charge in [-0.3, -0.25) is 4.79 Å². The number of hydroxylamine groups is 2. The lowest BCUT2D eigenvalue weighted by Crippen LogP contribution is -2.36. The van der Waals surface area contributed by atoms with Gasteiger partial charge in [0.25, 0.3) is 0 Å². The average Bonchev–Trinajstić information content (AvgIpc) is 2.17. The molecule has 5 heteroatoms. The van der Waals surface area contributed by atoms with Gasteiger partial charge in [0.15, 0.2) is 0 Å². The van der Waals surface area contributed by atoms with Crippen molar-refractivity contribution in [2.24, 2.45) is 5.73 Å². The van der Waals surface area contributed by atoms with Crippen molar-refractivity contribution in [2.45, 2.75) is 13.5 Å². The molecular weight excluding hydrogens is 212 g/mol. The maximum absolute atomic E-state index is 10.8. The molecule has 0 unspecified atom stereocenters. The van der Waals surface area contributed by atoms with Crippen molar-refractivity contribution in [3.8, 4) is 0 Å². The molecule has 0 spiro atoms. The number of benzene rings is 1. The number of nitrogens with two attached hydrogens (primary N) is 1. The summed E-state index contributed by atoms with van der Waals surface area (Å²) in [6.07, 6.45) is 0. The molecule has 1 aromatic rings. The number of carbonyl (C=O) groups excluding carboxylic acids is 1. The van der Waals surface area contributed by atoms with Crippen molar-refractivity contribution < 1.29 is 9.63 Å². The molecule has 0 atom stereocenters. The number of thiocarbonyl (C=S) groups is 1. The van der Waals surface area contributed by atoms with Crippen LogP contribution in [0.25, 0.3) is 0 Å². The van der Waals surface area contributed by atoms with Crippen molar-refractivity contribution >= 4 is 23.3 Å². The minimum atomic E-state index is -0.446. The van der Waals surface area contributed by atoms with Crippen molar-refractivity contribution in [2.75, 3.05) is 0 Å². The van der Waals surface area contributed by atoms with Crippen LogP contribution in [0.3, 0.4) is 0 Å². The van der Waals surface area contributed by atoms with E-state index in [2.05, 4.69) is 0 Å². The summed E-state index contributed by atoms with van der Waals surface area (Å²) in [4.78, 5) is 15.6. The molecule has 2 N–H and O–H groups in total. The molecule has 0 amide bonds. The molecule has 0 aliphatic rings. The Morgan fingerprint density at radius 1 is 1.47 bits per heavy atom. The summed E-state index contributed by atoms with van der Waals surface area (Å²) in [5.74, 6) is -0.446. The highest BCUT2D eigenvalue weighted by Gasteiger charge is 2.10. The highest BCUT2D eigenvalue weighted by molar-refractivity contribution is 7.80. The zero-order valence-electron chi connectivity index (χ0n) is 8.34. The summed E-state index contributed by atoms with van der Waals surface area (Å²) in [6, 6.07) is 9.48. The van der Waals surface area contributed by atoms with Gasteiger partial charge in [-0.05, 0) is 17.8 Å². The second-order valence-corrected chi connectivity index (χ2v) is 3.36. The van der Waals surface area contributed by atoms with Crippen LogP contribution in [-0.2, 0) is 16.2 Å². The van der Waals surface area contributed by atoms with E-state index in [1.165, 1.54) is 12.0 Å². The fraction of sp³-hybridized carbons (Fsp3) is 0.200. The Bertz CT molecular complexity index is 354. The zero-order valence-corrected chi connectivity index (χ0v) is 9.16. The van der Waals surface area contributed by atoms with E-state index in [0.29, 0.717) is 6.54 Å². The number of nitrogens with zero attached hydrogens (tertiary/aromatic N) is 1. The van der Waals surface area contributed by atoms with E-state index >= 15 is 0 Å². The molecule has 1 rings (SSSR count). The molecule has 15 heavy (non-hydrogen) atoms. The zero-order chi connectivity index (χ0) is 11.3. The third kappa shape index (κ3) is 3.95. The van der Waals surface area contributed by atoms with Crippen molar-refractivity contribution in [3.05, 3.63) is 35.9 Å². The Balaban J connectivity index is 2.67. The van der Waals surface area contributed by atoms with Crippen LogP contribution in [-0.4, -0.2) is 16.1 Å². The summed E-state index contributed by atoms with van der Waals surface area (Å²) < 4.78 is 0. The molecule has 0 saturated heterocycles. The summed E-state index contributed by atoms with van der Waals surface area (Å²) in [6.45, 7) is 1.66. The number of hydrogen-bond acceptors (Lipinski definition) is 3. The Morgan fingerprint density at radius 2 is 2.07 bits per heavy atom. The first-order valence-electron chi connectivity index (χ1n) is 4.39. The second-order valence-electron chi connectivity index (χ2n) is 2.94. The van der Waals surface area contributed by atoms with Gasteiger partial charge in [-0.15, -0.1) is 0 Å². The lowest BCUT2D eigenvalue weighted by Gasteiger charge is -2.20. The van der Waals surface area contributed by atoms with Gasteiger partial charge in [0.2, 0.25) is 5.11 Å². The van der Waals surface area contributed by atoms with Gasteiger partial charge in [-0.1, -0.05) is 30.3 Å². The monoisotopic (exact) mass is 224 g/mol. The van der Waals surface area contributed by atoms with Crippen LogP contribution < -0.4 is 5.73 Å². The van der Waals surface area contributed by atoms with Gasteiger partial charge in [-0.25, -0.2) is 0 Å². The maximum Gasteiger partial charge on any atom is 0.329 e. The topological polar surface area (TPSA) is 55.6 Å². The van der Waals surface area contributed by atoms with Gasteiger partial charge in [0.05, 0.1) is 6.54 Å². The summed E-state index contributed by atoms with van der Waals surface area (Å²) in [7, 11) is 0. The SMILES string of the molecule is CC(=O)ON(Cc1ccccc1)C(N)=S. The van der Waals surface area contributed by atoms with E-state index in [4.69, 9.17) is 22.8 Å². The molecule has 0 saturated carbocycles. The molecule has 0 heterocycles. The smallest absolute Gasteiger partial charge is 0.329 e. The van der Waals surface area contributed by atoms with Crippen molar-refractivity contribution in [1.82, 2.24) is 5.06 Å². The highest BCUT2D eigenvalue weighted by Crippen LogP contribution is 2.04. The molecule has 0 aliphatic heterocycles. The predicted molar refractivity (Wildman–Crippen MR) is 60.5 cm³/mol. The average molecular weight is 224 g/mol. The van der Waals surface area contributed by atoms with Crippen LogP contribution in [0.5, 0.6) is 0 Å². The van der Waals surface area contributed by atoms with Crippen molar-refractivity contribution in [1.29, 1.82) is 0 Å². The van der Waals surface area contributed by atoms with Crippen LogP contribution in [0.15, 0.2) is 30.3 Å². The van der Waals surface area contributed by atoms with Gasteiger partial charge >= 0.3 is 5.97 Å². The first-order valence-corrected chi connectivity index (χ1v) is 4.80. The third-order valence-corrected chi connectivity index (χ3v) is 1.86. The molecule has 80 valence electrons. The summed E-state index contributed by atoms with van der Waals surface area (Å²) in [5, 5.41) is 1.22. The van der Waals surface area contributed by atoms with E-state index in [0.717, 1.165) is 5.56 Å². The number of hydrogen-bond donors (Lipinski definition) is 1. The predicted octanol–water partition coefficient (Wildman–Crippen LogP) is 1.21. The number of rotatable bonds is 2. The molecule has 0 aromatic heterocycles. The lowest BCUT2D eigenvalue weighted by atomic mass is 10.2. The quantitative estimate of drug-likeness (QED) is 0.604. The van der Waals surface area contributed by atoms with Crippen LogP contribution >= 0.6 is 12.2 Å². The minimum absolute atomic E-state index is 0.0362. The lowest BCUT2D eigenvalue weighted by molar-refractivity contribution is -0.171. The van der Waals surface area contributed by atoms with Crippen LogP contribution in [0.2, 0.25) is 0 Å². The molecular formula is C10H12N2O2S. The van der Waals surface area contributed by atoms with E-state index in [9.17, 15) is 4.79 Å². The number of carbonyl (C=O) groups is 1. The highest BCUT2D eigenvalue weighted by atomic mass is 32.1. The minimum Gasteiger partial charge on any atom is -0.374 e. The molecule has 0 fully saturated rings. The Labute approximate surface area is 93.6 Å². The van der Waals surface area contributed by atoms with E-state index in [1.54, 1.807) is 0 Å². The normalized spacial score (nSPS) is 9.40. The van der Waals surface area contributed by atoms with Gasteiger partial charge in [-0.2, -0.15) is 5.06 Å². The van der Waals surface area contributed by atoms with Gasteiger partial charge < -0.3 is 10.6 Å². The Kier molecular flexibility index (Phi) is 4.05. The van der Waals surface area contributed by atoms with Gasteiger partial charge in [0, 0.05) is 6.92 Å². The molecule has 0 aliphatic carbocycles. The molecule has 0 bridgehead atoms. The standard InChI is InChI=1S/C10H12N2O2S/c1-8(13)14-12(10(11)15)7-9-5-3-2-4-6-9/h2-6H,7H2,1H3,(H2,11,15). The molecule has 4 nitrogen and oxygen atoms in total. The van der Waals surface area contributed by atoms with Crippen LogP contribution in [0.1, 0.15) is 12.5 Å². The third-order valence-electron chi connectivity index (χ3n) is 1.65. The van der Waals surface area contributed by atoms with E-state index in [1.807, 2.05) is 30.3 Å². The van der Waals surface area contributed by atoms with Crippen molar-refractivity contribution in [3.63, 3.8) is 0 Å². The maximum atomic E-state index is 10.8. The molecule has 1 aromatic carbocycles. The van der Waals surface area contributed by atoms with E-state index in [-0.39, 0.29) is 5.11 Å². The first-order chi connectivity index (χ1) is 7.09. The van der Waals surface area contributed by atoms with Crippen LogP contribution in [0, 0.1) is 0 Å². The fourth-order valence-corrected chi connectivity index (χ4v) is 1.16. The summed E-state index contributed by atoms with van der Waals surface area (Å²) >= 11 is 4.76. The van der Waals surface area contributed by atoms with E-state index < -0.39 is 5.97 Å².